The molecule has 0 saturated heterocycles. The maximum absolute atomic E-state index is 13.8. The van der Waals surface area contributed by atoms with Gasteiger partial charge in [0.05, 0.1) is 18.2 Å². The number of pyridine rings is 1. The van der Waals surface area contributed by atoms with Crippen molar-refractivity contribution in [2.24, 2.45) is 0 Å². The van der Waals surface area contributed by atoms with E-state index >= 15 is 0 Å². The molecule has 0 bridgehead atoms. The molecule has 9 heteroatoms. The van der Waals surface area contributed by atoms with E-state index in [4.69, 9.17) is 10.2 Å². The van der Waals surface area contributed by atoms with E-state index in [9.17, 15) is 9.18 Å². The van der Waals surface area contributed by atoms with E-state index in [1.165, 1.54) is 6.07 Å². The number of benzene rings is 1. The highest BCUT2D eigenvalue weighted by Gasteiger charge is 2.18. The van der Waals surface area contributed by atoms with Gasteiger partial charge < -0.3 is 5.32 Å². The summed E-state index contributed by atoms with van der Waals surface area (Å²) in [5, 5.41) is 18.5. The van der Waals surface area contributed by atoms with Crippen LogP contribution in [0.5, 0.6) is 0 Å². The Labute approximate surface area is 183 Å². The smallest absolute Gasteiger partial charge is 0.320 e. The number of carbonyl (C=O) groups excluding carboxylic acids is 1. The number of aryl methyl sites for hydroxylation is 1. The number of nitriles is 1. The third-order valence-corrected chi connectivity index (χ3v) is 4.87. The summed E-state index contributed by atoms with van der Waals surface area (Å²) in [6, 6.07) is 13.2. The topological polar surface area (TPSA) is 108 Å². The number of nitrogens with zero attached hydrogens (tertiary/aromatic N) is 5. The lowest BCUT2D eigenvalue weighted by Gasteiger charge is -2.12. The van der Waals surface area contributed by atoms with Crippen LogP contribution in [-0.4, -0.2) is 31.7 Å². The van der Waals surface area contributed by atoms with Crippen LogP contribution in [0.4, 0.5) is 15.0 Å². The van der Waals surface area contributed by atoms with Gasteiger partial charge in [0, 0.05) is 29.6 Å². The maximum atomic E-state index is 13.8. The van der Waals surface area contributed by atoms with Crippen LogP contribution < -0.4 is 10.6 Å². The standard InChI is InChI=1S/C23H20FN7O/c1-14-12-16(5-6-18(14)24)21-22(31-20(30-21)4-3-10-27-31)17-8-11-26-19(13-17)29-23(32)28-15(2)7-9-25/h3-6,8,10-13,15H,7H2,1-2H3,(H2,26,28,29,32)/t15-/m1/s1. The van der Waals surface area contributed by atoms with Crippen molar-refractivity contribution in [3.8, 4) is 28.6 Å². The monoisotopic (exact) mass is 429 g/mol. The Balaban J connectivity index is 1.75. The fourth-order valence-corrected chi connectivity index (χ4v) is 3.35. The molecule has 1 atom stereocenters. The molecule has 4 aromatic rings. The number of amides is 2. The van der Waals surface area contributed by atoms with E-state index in [0.29, 0.717) is 28.4 Å². The molecule has 160 valence electrons. The zero-order valence-corrected chi connectivity index (χ0v) is 17.5. The molecule has 2 amide bonds. The summed E-state index contributed by atoms with van der Waals surface area (Å²) in [6.07, 6.45) is 3.43. The summed E-state index contributed by atoms with van der Waals surface area (Å²) in [7, 11) is 0. The molecule has 1 aromatic carbocycles. The van der Waals surface area contributed by atoms with E-state index in [0.717, 1.165) is 11.1 Å². The van der Waals surface area contributed by atoms with Crippen molar-refractivity contribution >= 4 is 17.5 Å². The fraction of sp³-hybridized carbons (Fsp3) is 0.174. The van der Waals surface area contributed by atoms with Gasteiger partial charge in [-0.25, -0.2) is 23.7 Å². The molecule has 4 rings (SSSR count). The first-order valence-electron chi connectivity index (χ1n) is 9.97. The van der Waals surface area contributed by atoms with Gasteiger partial charge in [-0.05, 0) is 61.9 Å². The zero-order valence-electron chi connectivity index (χ0n) is 17.5. The van der Waals surface area contributed by atoms with Crippen LogP contribution in [0, 0.1) is 24.1 Å². The molecule has 32 heavy (non-hydrogen) atoms. The molecule has 0 radical (unpaired) electrons. The SMILES string of the molecule is Cc1cc(-c2nc3cccnn3c2-c2ccnc(NC(=O)N[C@H](C)CC#N)c2)ccc1F. The number of fused-ring (bicyclic) bond motifs is 1. The second-order valence-electron chi connectivity index (χ2n) is 7.36. The normalized spacial score (nSPS) is 11.7. The third kappa shape index (κ3) is 4.25. The first-order valence-corrected chi connectivity index (χ1v) is 9.97. The molecule has 2 N–H and O–H groups in total. The molecule has 3 heterocycles. The molecular weight excluding hydrogens is 409 g/mol. The molecule has 0 aliphatic rings. The fourth-order valence-electron chi connectivity index (χ4n) is 3.35. The average molecular weight is 429 g/mol. The number of aromatic nitrogens is 4. The highest BCUT2D eigenvalue weighted by molar-refractivity contribution is 5.90. The number of hydrogen-bond acceptors (Lipinski definition) is 5. The van der Waals surface area contributed by atoms with Crippen LogP contribution in [0.25, 0.3) is 28.2 Å². The van der Waals surface area contributed by atoms with Gasteiger partial charge in [-0.15, -0.1) is 0 Å². The van der Waals surface area contributed by atoms with Crippen molar-refractivity contribution in [3.63, 3.8) is 0 Å². The Morgan fingerprint density at radius 1 is 1.22 bits per heavy atom. The highest BCUT2D eigenvalue weighted by Crippen LogP contribution is 2.33. The lowest BCUT2D eigenvalue weighted by atomic mass is 10.0. The minimum Gasteiger partial charge on any atom is -0.334 e. The number of urea groups is 1. The molecule has 0 aliphatic carbocycles. The van der Waals surface area contributed by atoms with Crippen molar-refractivity contribution in [2.75, 3.05) is 5.32 Å². The van der Waals surface area contributed by atoms with Crippen LogP contribution >= 0.6 is 0 Å². The zero-order chi connectivity index (χ0) is 22.7. The maximum Gasteiger partial charge on any atom is 0.320 e. The van der Waals surface area contributed by atoms with Crippen molar-refractivity contribution < 1.29 is 9.18 Å². The van der Waals surface area contributed by atoms with E-state index in [-0.39, 0.29) is 18.3 Å². The highest BCUT2D eigenvalue weighted by atomic mass is 19.1. The van der Waals surface area contributed by atoms with Crippen molar-refractivity contribution in [1.29, 1.82) is 5.26 Å². The largest absolute Gasteiger partial charge is 0.334 e. The van der Waals surface area contributed by atoms with Crippen molar-refractivity contribution in [3.05, 3.63) is 66.2 Å². The summed E-state index contributed by atoms with van der Waals surface area (Å²) in [6.45, 7) is 3.45. The Bertz CT molecular complexity index is 1340. The number of imidazole rings is 1. The van der Waals surface area contributed by atoms with Gasteiger partial charge >= 0.3 is 6.03 Å². The van der Waals surface area contributed by atoms with Crippen molar-refractivity contribution in [2.45, 2.75) is 26.3 Å². The number of nitrogens with one attached hydrogen (secondary N) is 2. The minimum atomic E-state index is -0.456. The molecule has 0 saturated carbocycles. The number of anilines is 1. The quantitative estimate of drug-likeness (QED) is 0.491. The molecule has 3 aromatic heterocycles. The minimum absolute atomic E-state index is 0.203. The average Bonchev–Trinajstić information content (AvgIpc) is 3.15. The Kier molecular flexibility index (Phi) is 5.77. The van der Waals surface area contributed by atoms with Gasteiger partial charge in [0.15, 0.2) is 5.65 Å². The van der Waals surface area contributed by atoms with Gasteiger partial charge in [-0.2, -0.15) is 10.4 Å². The lowest BCUT2D eigenvalue weighted by Crippen LogP contribution is -2.36. The number of carbonyl (C=O) groups is 1. The molecular formula is C23H20FN7O. The van der Waals surface area contributed by atoms with Crippen LogP contribution in [0.1, 0.15) is 18.9 Å². The van der Waals surface area contributed by atoms with E-state index in [1.807, 2.05) is 12.1 Å². The van der Waals surface area contributed by atoms with Gasteiger partial charge in [0.25, 0.3) is 0 Å². The number of hydrogen-bond donors (Lipinski definition) is 2. The van der Waals surface area contributed by atoms with Gasteiger partial charge in [-0.1, -0.05) is 0 Å². The summed E-state index contributed by atoms with van der Waals surface area (Å²) in [5.74, 6) is 0.0421. The van der Waals surface area contributed by atoms with E-state index < -0.39 is 6.03 Å². The lowest BCUT2D eigenvalue weighted by molar-refractivity contribution is 0.249. The third-order valence-electron chi connectivity index (χ3n) is 4.87. The summed E-state index contributed by atoms with van der Waals surface area (Å²) in [5.41, 5.74) is 3.95. The number of halogens is 1. The summed E-state index contributed by atoms with van der Waals surface area (Å²) in [4.78, 5) is 21.2. The second kappa shape index (κ2) is 8.81. The second-order valence-corrected chi connectivity index (χ2v) is 7.36. The predicted molar refractivity (Wildman–Crippen MR) is 118 cm³/mol. The van der Waals surface area contributed by atoms with E-state index in [1.54, 1.807) is 61.1 Å². The van der Waals surface area contributed by atoms with Gasteiger partial charge in [0.1, 0.15) is 17.3 Å². The summed E-state index contributed by atoms with van der Waals surface area (Å²) >= 11 is 0. The van der Waals surface area contributed by atoms with E-state index in [2.05, 4.69) is 20.7 Å². The van der Waals surface area contributed by atoms with Crippen molar-refractivity contribution in [1.82, 2.24) is 24.9 Å². The number of rotatable bonds is 5. The first-order chi connectivity index (χ1) is 15.5. The molecule has 0 fully saturated rings. The molecule has 0 spiro atoms. The van der Waals surface area contributed by atoms with Crippen LogP contribution in [0.3, 0.4) is 0 Å². The van der Waals surface area contributed by atoms with Crippen LogP contribution in [-0.2, 0) is 0 Å². The Hall–Kier alpha value is -4.32. The summed E-state index contributed by atoms with van der Waals surface area (Å²) < 4.78 is 15.5. The van der Waals surface area contributed by atoms with Crippen LogP contribution in [0.15, 0.2) is 54.9 Å². The first kappa shape index (κ1) is 20.9. The molecule has 8 nitrogen and oxygen atoms in total. The molecule has 0 aliphatic heterocycles. The van der Waals surface area contributed by atoms with Gasteiger partial charge in [0.2, 0.25) is 0 Å². The van der Waals surface area contributed by atoms with Crippen LogP contribution in [0.2, 0.25) is 0 Å². The van der Waals surface area contributed by atoms with Gasteiger partial charge in [-0.3, -0.25) is 5.32 Å². The molecule has 0 unspecified atom stereocenters. The Morgan fingerprint density at radius 3 is 2.84 bits per heavy atom. The Morgan fingerprint density at radius 2 is 2.06 bits per heavy atom. The predicted octanol–water partition coefficient (Wildman–Crippen LogP) is 4.33.